The van der Waals surface area contributed by atoms with Gasteiger partial charge in [-0.3, -0.25) is 4.79 Å². The zero-order valence-electron chi connectivity index (χ0n) is 8.04. The van der Waals surface area contributed by atoms with Gasteiger partial charge < -0.3 is 10.6 Å². The number of nitrogens with one attached hydrogen (secondary N) is 2. The fourth-order valence-electron chi connectivity index (χ4n) is 1.35. The van der Waals surface area contributed by atoms with Crippen LogP contribution in [-0.4, -0.2) is 18.2 Å². The average molecular weight is 218 g/mol. The number of amides is 1. The van der Waals surface area contributed by atoms with Gasteiger partial charge in [0.25, 0.3) is 0 Å². The van der Waals surface area contributed by atoms with Crippen molar-refractivity contribution >= 4 is 29.0 Å². The van der Waals surface area contributed by atoms with Crippen molar-refractivity contribution in [2.45, 2.75) is 4.90 Å². The standard InChI is InChI=1S/C11H10N2OS/c1-2-5-12-8-3-4-10-9(6-8)13-11(14)7-15-10/h1,3-4,6,12H,5,7H2,(H,13,14). The maximum atomic E-state index is 11.2. The minimum atomic E-state index is 0.0431. The van der Waals surface area contributed by atoms with Gasteiger partial charge in [-0.15, -0.1) is 18.2 Å². The topological polar surface area (TPSA) is 41.1 Å². The lowest BCUT2D eigenvalue weighted by molar-refractivity contribution is -0.113. The van der Waals surface area contributed by atoms with E-state index in [1.807, 2.05) is 18.2 Å². The fourth-order valence-corrected chi connectivity index (χ4v) is 2.13. The number of hydrogen-bond donors (Lipinski definition) is 2. The molecule has 76 valence electrons. The van der Waals surface area contributed by atoms with Gasteiger partial charge in [-0.05, 0) is 18.2 Å². The minimum Gasteiger partial charge on any atom is -0.374 e. The van der Waals surface area contributed by atoms with Crippen molar-refractivity contribution < 1.29 is 4.79 Å². The Morgan fingerprint density at radius 1 is 1.60 bits per heavy atom. The highest BCUT2D eigenvalue weighted by molar-refractivity contribution is 8.00. The molecule has 0 spiro atoms. The summed E-state index contributed by atoms with van der Waals surface area (Å²) in [7, 11) is 0. The fraction of sp³-hybridized carbons (Fsp3) is 0.182. The number of carbonyl (C=O) groups is 1. The van der Waals surface area contributed by atoms with Gasteiger partial charge in [0.2, 0.25) is 5.91 Å². The molecule has 15 heavy (non-hydrogen) atoms. The summed E-state index contributed by atoms with van der Waals surface area (Å²) < 4.78 is 0. The van der Waals surface area contributed by atoms with Crippen LogP contribution in [0.15, 0.2) is 23.1 Å². The molecule has 1 amide bonds. The molecule has 2 rings (SSSR count). The smallest absolute Gasteiger partial charge is 0.234 e. The first-order valence-corrected chi connectivity index (χ1v) is 5.52. The minimum absolute atomic E-state index is 0.0431. The second-order valence-corrected chi connectivity index (χ2v) is 4.12. The Kier molecular flexibility index (Phi) is 2.84. The van der Waals surface area contributed by atoms with Crippen molar-refractivity contribution in [1.29, 1.82) is 0 Å². The van der Waals surface area contributed by atoms with Crippen molar-refractivity contribution in [3.05, 3.63) is 18.2 Å². The lowest BCUT2D eigenvalue weighted by Gasteiger charge is -2.17. The van der Waals surface area contributed by atoms with Crippen LogP contribution in [0.5, 0.6) is 0 Å². The Morgan fingerprint density at radius 2 is 2.47 bits per heavy atom. The highest BCUT2D eigenvalue weighted by atomic mass is 32.2. The van der Waals surface area contributed by atoms with Crippen LogP contribution in [0.1, 0.15) is 0 Å². The van der Waals surface area contributed by atoms with Gasteiger partial charge in [0.15, 0.2) is 0 Å². The molecular weight excluding hydrogens is 208 g/mol. The van der Waals surface area contributed by atoms with E-state index in [9.17, 15) is 4.79 Å². The molecule has 0 atom stereocenters. The molecule has 0 unspecified atom stereocenters. The lowest BCUT2D eigenvalue weighted by atomic mass is 10.2. The average Bonchev–Trinajstić information content (AvgIpc) is 2.25. The molecule has 2 N–H and O–H groups in total. The zero-order chi connectivity index (χ0) is 10.7. The summed E-state index contributed by atoms with van der Waals surface area (Å²) in [6, 6.07) is 5.84. The summed E-state index contributed by atoms with van der Waals surface area (Å²) in [4.78, 5) is 12.3. The van der Waals surface area contributed by atoms with Crippen LogP contribution in [0.2, 0.25) is 0 Å². The van der Waals surface area contributed by atoms with Crippen LogP contribution in [0.4, 0.5) is 11.4 Å². The number of carbonyl (C=O) groups excluding carboxylic acids is 1. The van der Waals surface area contributed by atoms with Gasteiger partial charge in [-0.1, -0.05) is 5.92 Å². The summed E-state index contributed by atoms with van der Waals surface area (Å²) in [6.45, 7) is 0.486. The van der Waals surface area contributed by atoms with Gasteiger partial charge >= 0.3 is 0 Å². The predicted molar refractivity (Wildman–Crippen MR) is 63.1 cm³/mol. The van der Waals surface area contributed by atoms with E-state index in [2.05, 4.69) is 16.6 Å². The summed E-state index contributed by atoms with van der Waals surface area (Å²) in [6.07, 6.45) is 5.15. The number of fused-ring (bicyclic) bond motifs is 1. The van der Waals surface area contributed by atoms with E-state index in [1.165, 1.54) is 0 Å². The van der Waals surface area contributed by atoms with Crippen LogP contribution in [0.3, 0.4) is 0 Å². The Hall–Kier alpha value is -1.60. The number of rotatable bonds is 2. The molecule has 0 bridgehead atoms. The monoisotopic (exact) mass is 218 g/mol. The van der Waals surface area contributed by atoms with Crippen LogP contribution in [0, 0.1) is 12.3 Å². The van der Waals surface area contributed by atoms with Crippen LogP contribution < -0.4 is 10.6 Å². The number of anilines is 2. The van der Waals surface area contributed by atoms with Gasteiger partial charge in [0, 0.05) is 10.6 Å². The normalized spacial score (nSPS) is 13.7. The summed E-state index contributed by atoms with van der Waals surface area (Å²) >= 11 is 1.55. The summed E-state index contributed by atoms with van der Waals surface area (Å²) in [5.74, 6) is 3.03. The number of terminal acetylenes is 1. The molecule has 1 aliphatic rings. The first kappa shape index (κ1) is 9.94. The summed E-state index contributed by atoms with van der Waals surface area (Å²) in [5, 5.41) is 5.89. The number of hydrogen-bond acceptors (Lipinski definition) is 3. The molecule has 1 aromatic carbocycles. The molecule has 0 fully saturated rings. The maximum Gasteiger partial charge on any atom is 0.234 e. The first-order valence-electron chi connectivity index (χ1n) is 4.53. The van der Waals surface area contributed by atoms with Gasteiger partial charge in [-0.2, -0.15) is 0 Å². The van der Waals surface area contributed by atoms with Crippen LogP contribution in [-0.2, 0) is 4.79 Å². The van der Waals surface area contributed by atoms with Crippen molar-refractivity contribution in [1.82, 2.24) is 0 Å². The third kappa shape index (κ3) is 2.25. The summed E-state index contributed by atoms with van der Waals surface area (Å²) in [5.41, 5.74) is 1.78. The molecule has 1 aliphatic heterocycles. The molecule has 0 aromatic heterocycles. The molecular formula is C11H10N2OS. The van der Waals surface area contributed by atoms with E-state index in [4.69, 9.17) is 6.42 Å². The third-order valence-corrected chi connectivity index (χ3v) is 3.08. The van der Waals surface area contributed by atoms with Crippen molar-refractivity contribution in [2.24, 2.45) is 0 Å². The van der Waals surface area contributed by atoms with Gasteiger partial charge in [-0.25, -0.2) is 0 Å². The molecule has 1 heterocycles. The zero-order valence-corrected chi connectivity index (χ0v) is 8.86. The van der Waals surface area contributed by atoms with Crippen LogP contribution in [0.25, 0.3) is 0 Å². The Labute approximate surface area is 92.6 Å². The number of benzene rings is 1. The van der Waals surface area contributed by atoms with Crippen molar-refractivity contribution in [3.63, 3.8) is 0 Å². The molecule has 3 nitrogen and oxygen atoms in total. The molecule has 0 aliphatic carbocycles. The molecule has 0 radical (unpaired) electrons. The lowest BCUT2D eigenvalue weighted by Crippen LogP contribution is -2.18. The molecule has 0 saturated heterocycles. The number of thioether (sulfide) groups is 1. The van der Waals surface area contributed by atoms with E-state index in [1.54, 1.807) is 11.8 Å². The van der Waals surface area contributed by atoms with E-state index in [0.29, 0.717) is 12.3 Å². The van der Waals surface area contributed by atoms with E-state index in [-0.39, 0.29) is 5.91 Å². The SMILES string of the molecule is C#CCNc1ccc2c(c1)NC(=O)CS2. The van der Waals surface area contributed by atoms with Gasteiger partial charge in [0.05, 0.1) is 18.0 Å². The van der Waals surface area contributed by atoms with Crippen LogP contribution >= 0.6 is 11.8 Å². The highest BCUT2D eigenvalue weighted by Gasteiger charge is 2.14. The third-order valence-electron chi connectivity index (χ3n) is 2.01. The van der Waals surface area contributed by atoms with E-state index >= 15 is 0 Å². The van der Waals surface area contributed by atoms with Gasteiger partial charge in [0.1, 0.15) is 0 Å². The molecule has 0 saturated carbocycles. The van der Waals surface area contributed by atoms with Crippen molar-refractivity contribution in [3.8, 4) is 12.3 Å². The molecule has 4 heteroatoms. The maximum absolute atomic E-state index is 11.2. The van der Waals surface area contributed by atoms with Crippen molar-refractivity contribution in [2.75, 3.05) is 22.9 Å². The Bertz CT molecular complexity index is 437. The first-order chi connectivity index (χ1) is 7.29. The largest absolute Gasteiger partial charge is 0.374 e. The predicted octanol–water partition coefficient (Wildman–Crippen LogP) is 1.78. The second-order valence-electron chi connectivity index (χ2n) is 3.11. The second kappa shape index (κ2) is 4.28. The highest BCUT2D eigenvalue weighted by Crippen LogP contribution is 2.33. The Balaban J connectivity index is 2.21. The quantitative estimate of drug-likeness (QED) is 0.743. The van der Waals surface area contributed by atoms with E-state index < -0.39 is 0 Å². The molecule has 1 aromatic rings. The Morgan fingerprint density at radius 3 is 3.27 bits per heavy atom. The van der Waals surface area contributed by atoms with E-state index in [0.717, 1.165) is 16.3 Å².